The zero-order valence-electron chi connectivity index (χ0n) is 12.9. The molecule has 0 atom stereocenters. The zero-order valence-corrected chi connectivity index (χ0v) is 13.7. The molecule has 0 radical (unpaired) electrons. The van der Waals surface area contributed by atoms with Crippen molar-refractivity contribution in [2.75, 3.05) is 12.9 Å². The number of aromatic hydroxyl groups is 1. The zero-order chi connectivity index (χ0) is 16.9. The molecule has 1 aliphatic heterocycles. The van der Waals surface area contributed by atoms with E-state index in [0.29, 0.717) is 22.2 Å². The van der Waals surface area contributed by atoms with Crippen LogP contribution in [0.25, 0.3) is 0 Å². The summed E-state index contributed by atoms with van der Waals surface area (Å²) in [7, 11) is 1.48. The highest BCUT2D eigenvalue weighted by Crippen LogP contribution is 2.26. The third-order valence-electron chi connectivity index (χ3n) is 3.25. The van der Waals surface area contributed by atoms with Crippen LogP contribution in [0.15, 0.2) is 58.6 Å². The van der Waals surface area contributed by atoms with Crippen LogP contribution in [0, 0.1) is 0 Å². The Kier molecular flexibility index (Phi) is 4.81. The second-order valence-electron chi connectivity index (χ2n) is 4.90. The number of amides is 1. The summed E-state index contributed by atoms with van der Waals surface area (Å²) in [6.45, 7) is 0. The van der Waals surface area contributed by atoms with Gasteiger partial charge in [0.2, 0.25) is 0 Å². The van der Waals surface area contributed by atoms with Gasteiger partial charge in [0, 0.05) is 0 Å². The molecule has 0 saturated carbocycles. The summed E-state index contributed by atoms with van der Waals surface area (Å²) >= 11 is 1.34. The van der Waals surface area contributed by atoms with Crippen LogP contribution in [-0.2, 0) is 4.79 Å². The minimum Gasteiger partial charge on any atom is -0.504 e. The summed E-state index contributed by atoms with van der Waals surface area (Å²) < 4.78 is 5.00. The molecular formula is C17H15N3O3S. The second kappa shape index (κ2) is 7.18. The first-order valence-electron chi connectivity index (χ1n) is 7.18. The minimum absolute atomic E-state index is 0.0155. The third kappa shape index (κ3) is 3.57. The highest BCUT2D eigenvalue weighted by atomic mass is 32.2. The summed E-state index contributed by atoms with van der Waals surface area (Å²) in [5.74, 6) is 0.563. The van der Waals surface area contributed by atoms with E-state index in [0.717, 1.165) is 5.69 Å². The number of amidine groups is 1. The molecule has 0 aromatic heterocycles. The van der Waals surface area contributed by atoms with E-state index < -0.39 is 0 Å². The lowest BCUT2D eigenvalue weighted by Crippen LogP contribution is -2.23. The Hall–Kier alpha value is -2.80. The summed E-state index contributed by atoms with van der Waals surface area (Å²) in [6, 6.07) is 14.3. The van der Waals surface area contributed by atoms with Crippen molar-refractivity contribution in [3.8, 4) is 11.5 Å². The van der Waals surface area contributed by atoms with Crippen LogP contribution in [0.1, 0.15) is 5.56 Å². The van der Waals surface area contributed by atoms with Crippen molar-refractivity contribution in [2.24, 2.45) is 10.1 Å². The largest absolute Gasteiger partial charge is 0.504 e. The van der Waals surface area contributed by atoms with E-state index in [4.69, 9.17) is 4.74 Å². The average molecular weight is 341 g/mol. The van der Waals surface area contributed by atoms with Crippen LogP contribution in [0.3, 0.4) is 0 Å². The van der Waals surface area contributed by atoms with Crippen molar-refractivity contribution in [3.05, 3.63) is 54.1 Å². The van der Waals surface area contributed by atoms with E-state index >= 15 is 0 Å². The number of carbonyl (C=O) groups is 1. The number of phenolic OH excluding ortho intramolecular Hbond substituents is 1. The number of thioether (sulfide) groups is 1. The van der Waals surface area contributed by atoms with E-state index in [2.05, 4.69) is 10.1 Å². The Morgan fingerprint density at radius 2 is 2.04 bits per heavy atom. The normalized spacial score (nSPS) is 16.3. The van der Waals surface area contributed by atoms with Gasteiger partial charge in [0.1, 0.15) is 0 Å². The highest BCUT2D eigenvalue weighted by molar-refractivity contribution is 8.15. The predicted octanol–water partition coefficient (Wildman–Crippen LogP) is 3.00. The molecule has 1 aliphatic rings. The Morgan fingerprint density at radius 3 is 2.75 bits per heavy atom. The number of aliphatic imine (C=N–C) groups is 1. The van der Waals surface area contributed by atoms with Gasteiger partial charge < -0.3 is 9.84 Å². The molecule has 1 amide bonds. The standard InChI is InChI=1S/C17H15N3O3S/c1-23-15-8-7-12(9-14(15)21)10-18-20-16(22)11-24-17(20)19-13-5-3-2-4-6-13/h2-10,21H,11H2,1H3/b18-10-,19-17?. The van der Waals surface area contributed by atoms with Crippen LogP contribution in [0.4, 0.5) is 5.69 Å². The van der Waals surface area contributed by atoms with Crippen LogP contribution in [0.5, 0.6) is 11.5 Å². The van der Waals surface area contributed by atoms with Gasteiger partial charge in [-0.25, -0.2) is 4.99 Å². The Balaban J connectivity index is 1.82. The molecule has 0 unspecified atom stereocenters. The summed E-state index contributed by atoms with van der Waals surface area (Å²) in [4.78, 5) is 16.5. The van der Waals surface area contributed by atoms with Gasteiger partial charge in [-0.2, -0.15) is 10.1 Å². The van der Waals surface area contributed by atoms with Crippen LogP contribution in [0.2, 0.25) is 0 Å². The molecule has 0 bridgehead atoms. The first-order chi connectivity index (χ1) is 11.7. The molecule has 24 heavy (non-hydrogen) atoms. The maximum Gasteiger partial charge on any atom is 0.259 e. The van der Waals surface area contributed by atoms with Gasteiger partial charge in [-0.15, -0.1) is 0 Å². The topological polar surface area (TPSA) is 74.5 Å². The van der Waals surface area contributed by atoms with Crippen LogP contribution in [-0.4, -0.2) is 40.3 Å². The molecule has 122 valence electrons. The average Bonchev–Trinajstić information content (AvgIpc) is 2.94. The van der Waals surface area contributed by atoms with Crippen molar-refractivity contribution in [3.63, 3.8) is 0 Å². The molecular weight excluding hydrogens is 326 g/mol. The molecule has 1 N–H and O–H groups in total. The Labute approximate surface area is 143 Å². The molecule has 2 aromatic carbocycles. The number of methoxy groups -OCH3 is 1. The number of ether oxygens (including phenoxy) is 1. The number of carbonyl (C=O) groups excluding carboxylic acids is 1. The fourth-order valence-corrected chi connectivity index (χ4v) is 2.89. The summed E-state index contributed by atoms with van der Waals surface area (Å²) in [6.07, 6.45) is 1.50. The molecule has 0 spiro atoms. The van der Waals surface area contributed by atoms with E-state index in [-0.39, 0.29) is 11.7 Å². The SMILES string of the molecule is COc1ccc(/C=N\N2C(=O)CSC2=Nc2ccccc2)cc1O. The van der Waals surface area contributed by atoms with E-state index in [1.807, 2.05) is 30.3 Å². The summed E-state index contributed by atoms with van der Waals surface area (Å²) in [5.41, 5.74) is 1.41. The molecule has 2 aromatic rings. The number of nitrogens with zero attached hydrogens (tertiary/aromatic N) is 3. The smallest absolute Gasteiger partial charge is 0.259 e. The second-order valence-corrected chi connectivity index (χ2v) is 5.84. The van der Waals surface area contributed by atoms with Crippen molar-refractivity contribution in [2.45, 2.75) is 0 Å². The molecule has 6 nitrogen and oxygen atoms in total. The number of para-hydroxylation sites is 1. The highest BCUT2D eigenvalue weighted by Gasteiger charge is 2.28. The van der Waals surface area contributed by atoms with Gasteiger partial charge in [-0.3, -0.25) is 4.79 Å². The van der Waals surface area contributed by atoms with Crippen molar-refractivity contribution < 1.29 is 14.6 Å². The van der Waals surface area contributed by atoms with Crippen molar-refractivity contribution in [1.29, 1.82) is 0 Å². The lowest BCUT2D eigenvalue weighted by atomic mass is 10.2. The first-order valence-corrected chi connectivity index (χ1v) is 8.16. The van der Waals surface area contributed by atoms with Gasteiger partial charge >= 0.3 is 0 Å². The monoisotopic (exact) mass is 341 g/mol. The van der Waals surface area contributed by atoms with Crippen molar-refractivity contribution in [1.82, 2.24) is 5.01 Å². The van der Waals surface area contributed by atoms with E-state index in [1.54, 1.807) is 12.1 Å². The molecule has 1 saturated heterocycles. The lowest BCUT2D eigenvalue weighted by molar-refractivity contribution is -0.124. The number of hydrogen-bond donors (Lipinski definition) is 1. The van der Waals surface area contributed by atoms with Gasteiger partial charge in [-0.1, -0.05) is 30.0 Å². The van der Waals surface area contributed by atoms with Crippen molar-refractivity contribution >= 4 is 34.7 Å². The molecule has 7 heteroatoms. The van der Waals surface area contributed by atoms with Crippen LogP contribution >= 0.6 is 11.8 Å². The fourth-order valence-electron chi connectivity index (χ4n) is 2.07. The number of benzene rings is 2. The molecule has 0 aliphatic carbocycles. The number of phenols is 1. The molecule has 1 fully saturated rings. The third-order valence-corrected chi connectivity index (χ3v) is 4.16. The van der Waals surface area contributed by atoms with Gasteiger partial charge in [0.25, 0.3) is 5.91 Å². The molecule has 1 heterocycles. The van der Waals surface area contributed by atoms with Gasteiger partial charge in [-0.05, 0) is 35.9 Å². The fraction of sp³-hybridized carbons (Fsp3) is 0.118. The minimum atomic E-state index is -0.135. The number of hydrazone groups is 1. The Morgan fingerprint density at radius 1 is 1.25 bits per heavy atom. The quantitative estimate of drug-likeness (QED) is 0.868. The number of rotatable bonds is 4. The van der Waals surface area contributed by atoms with Gasteiger partial charge in [0.15, 0.2) is 16.7 Å². The summed E-state index contributed by atoms with van der Waals surface area (Å²) in [5, 5.41) is 15.8. The lowest BCUT2D eigenvalue weighted by Gasteiger charge is -2.09. The maximum absolute atomic E-state index is 12.0. The van der Waals surface area contributed by atoms with Crippen LogP contribution < -0.4 is 4.74 Å². The van der Waals surface area contributed by atoms with E-state index in [9.17, 15) is 9.90 Å². The molecule has 3 rings (SSSR count). The number of hydrogen-bond acceptors (Lipinski definition) is 6. The Bertz CT molecular complexity index is 806. The maximum atomic E-state index is 12.0. The first kappa shape index (κ1) is 16.1. The predicted molar refractivity (Wildman–Crippen MR) is 95.1 cm³/mol. The van der Waals surface area contributed by atoms with Gasteiger partial charge in [0.05, 0.1) is 24.8 Å². The van der Waals surface area contributed by atoms with E-state index in [1.165, 1.54) is 36.2 Å².